The van der Waals surface area contributed by atoms with Crippen LogP contribution in [0.15, 0.2) is 118 Å². The van der Waals surface area contributed by atoms with E-state index in [4.69, 9.17) is 0 Å². The lowest BCUT2D eigenvalue weighted by Gasteiger charge is -2.56. The van der Waals surface area contributed by atoms with Gasteiger partial charge in [-0.2, -0.15) is 0 Å². The predicted molar refractivity (Wildman–Crippen MR) is 168 cm³/mol. The summed E-state index contributed by atoms with van der Waals surface area (Å²) in [4.78, 5) is 9.88. The van der Waals surface area contributed by atoms with E-state index in [2.05, 4.69) is 138 Å². The van der Waals surface area contributed by atoms with Crippen LogP contribution in [0, 0.1) is 0 Å². The smallest absolute Gasteiger partial charge is 0.0555 e. The van der Waals surface area contributed by atoms with Gasteiger partial charge in [0.25, 0.3) is 0 Å². The average molecular weight is 495 g/mol. The summed E-state index contributed by atoms with van der Waals surface area (Å²) in [6.45, 7) is 61.1. The van der Waals surface area contributed by atoms with E-state index in [1.807, 2.05) is 0 Å². The van der Waals surface area contributed by atoms with Crippen LogP contribution in [0.3, 0.4) is 0 Å². The summed E-state index contributed by atoms with van der Waals surface area (Å²) in [5.41, 5.74) is 0. The summed E-state index contributed by atoms with van der Waals surface area (Å²) in [6.07, 6.45) is 0. The monoisotopic (exact) mass is 495 g/mol. The highest BCUT2D eigenvalue weighted by Crippen LogP contribution is 2.20. The molecule has 0 amide bonds. The number of hydrogen-bond donors (Lipinski definition) is 6. The summed E-state index contributed by atoms with van der Waals surface area (Å²) in [7, 11) is 0. The molecule has 18 N–H and O–H groups in total. The third kappa shape index (κ3) is 51.7. The predicted octanol–water partition coefficient (Wildman–Crippen LogP) is 7.17. The Morgan fingerprint density at radius 1 is 0.206 bits per heavy atom. The fraction of sp³-hybridized carbons (Fsp3) is 0.250. The van der Waals surface area contributed by atoms with Gasteiger partial charge in [0.05, 0.1) is 40.0 Å². The number of nitrogens with zero attached hydrogens (tertiary/aromatic N) is 4. The molecule has 0 atom stereocenters. The van der Waals surface area contributed by atoms with Gasteiger partial charge < -0.3 is 36.9 Å². The third-order valence-electron chi connectivity index (χ3n) is 2.40. The molecule has 0 radical (unpaired) electrons. The molecule has 4 aliphatic rings. The molecule has 0 aromatic carbocycles. The van der Waals surface area contributed by atoms with Gasteiger partial charge in [0.2, 0.25) is 0 Å². The van der Waals surface area contributed by atoms with Crippen LogP contribution >= 0.6 is 0 Å². The normalized spacial score (nSPS) is 18.0. The van der Waals surface area contributed by atoms with Gasteiger partial charge in [-0.15, -0.1) is 118 Å². The highest BCUT2D eigenvalue weighted by Gasteiger charge is 2.36. The maximum Gasteiger partial charge on any atom is 0.0555 e. The molecule has 212 valence electrons. The fourth-order valence-corrected chi connectivity index (χ4v) is 2.23. The number of hydrogen-bond acceptors (Lipinski definition) is 10. The molecule has 34 heavy (non-hydrogen) atoms. The van der Waals surface area contributed by atoms with E-state index < -0.39 is 0 Å². The molecule has 4 aliphatic heterocycles. The van der Waals surface area contributed by atoms with Crippen LogP contribution in [0.5, 0.6) is 0 Å². The molecule has 0 spiro atoms. The van der Waals surface area contributed by atoms with E-state index in [0.29, 0.717) is 0 Å². The molecule has 4 rings (SSSR count). The maximum atomic E-state index is 3.00. The van der Waals surface area contributed by atoms with Crippen molar-refractivity contribution in [2.24, 2.45) is 0 Å². The van der Waals surface area contributed by atoms with Gasteiger partial charge >= 0.3 is 0 Å². The minimum absolute atomic E-state index is 0. The van der Waals surface area contributed by atoms with Crippen LogP contribution in [0.4, 0.5) is 0 Å². The number of rotatable bonds is 0. The lowest BCUT2D eigenvalue weighted by atomic mass is 10.4. The van der Waals surface area contributed by atoms with Crippen LogP contribution in [-0.4, -0.2) is 59.6 Å². The van der Waals surface area contributed by atoms with Gasteiger partial charge in [0, 0.05) is 0 Å². The minimum Gasteiger partial charge on any atom is -0.344 e. The summed E-state index contributed by atoms with van der Waals surface area (Å²) >= 11 is 0. The Morgan fingerprint density at radius 2 is 0.265 bits per heavy atom. The van der Waals surface area contributed by atoms with E-state index in [-0.39, 0.29) is 36.9 Å². The van der Waals surface area contributed by atoms with Crippen LogP contribution < -0.4 is 36.9 Å². The van der Waals surface area contributed by atoms with Crippen LogP contribution in [0.2, 0.25) is 0 Å². The Balaban J connectivity index is -0.0000000149. The molecule has 4 fully saturated rings. The Bertz CT molecular complexity index is 199. The molecule has 0 aromatic rings. The third-order valence-corrected chi connectivity index (χ3v) is 2.40. The highest BCUT2D eigenvalue weighted by atomic mass is 15.7. The summed E-state index contributed by atoms with van der Waals surface area (Å²) in [6, 6.07) is 0. The van der Waals surface area contributed by atoms with Crippen molar-refractivity contribution in [1.29, 1.82) is 0 Å². The summed E-state index contributed by atoms with van der Waals surface area (Å²) < 4.78 is 0. The average Bonchev–Trinajstić information content (AvgIpc) is 2.85. The van der Waals surface area contributed by atoms with Crippen molar-refractivity contribution in [1.82, 2.24) is 56.5 Å². The Hall–Kier alpha value is -2.74. The van der Waals surface area contributed by atoms with Gasteiger partial charge in [0.1, 0.15) is 0 Å². The van der Waals surface area contributed by atoms with E-state index in [1.54, 1.807) is 0 Å². The second kappa shape index (κ2) is 111. The highest BCUT2D eigenvalue weighted by molar-refractivity contribution is 4.79. The fourth-order valence-electron chi connectivity index (χ4n) is 2.23. The summed E-state index contributed by atoms with van der Waals surface area (Å²) in [5, 5.41) is 0. The molecule has 10 nitrogen and oxygen atoms in total. The zero-order valence-corrected chi connectivity index (χ0v) is 23.0. The first-order valence-electron chi connectivity index (χ1n) is 8.29. The van der Waals surface area contributed by atoms with Gasteiger partial charge in [-0.25, -0.2) is 0 Å². The van der Waals surface area contributed by atoms with Gasteiger partial charge in [-0.3, -0.25) is 19.6 Å². The van der Waals surface area contributed by atoms with Gasteiger partial charge in [0.15, 0.2) is 0 Å². The van der Waals surface area contributed by atoms with E-state index in [9.17, 15) is 0 Å². The van der Waals surface area contributed by atoms with E-state index in [1.165, 1.54) is 40.0 Å². The minimum atomic E-state index is 0. The molecule has 0 saturated carbocycles. The van der Waals surface area contributed by atoms with E-state index >= 15 is 0 Å². The largest absolute Gasteiger partial charge is 0.344 e. The first-order valence-corrected chi connectivity index (χ1v) is 8.29. The van der Waals surface area contributed by atoms with Crippen molar-refractivity contribution < 1.29 is 0 Å². The van der Waals surface area contributed by atoms with Crippen LogP contribution in [0.25, 0.3) is 0 Å². The Morgan fingerprint density at radius 3 is 0.324 bits per heavy atom. The second-order valence-electron chi connectivity index (χ2n) is 3.53. The van der Waals surface area contributed by atoms with Crippen molar-refractivity contribution in [3.8, 4) is 0 Å². The van der Waals surface area contributed by atoms with Gasteiger partial charge in [-0.1, -0.05) is 0 Å². The van der Waals surface area contributed by atoms with Crippen molar-refractivity contribution >= 4 is 0 Å². The standard InChI is InChI=1S/C6H12N4.9C2H4.6H3N/c1-7-2-9-4-8(1)5-10(3-7)6-9;9*1-2;;;;;;/h1-6H2;9*1-2H2;6*1H3. The Kier molecular flexibility index (Phi) is 281. The molecule has 0 aliphatic carbocycles. The topological polar surface area (TPSA) is 223 Å². The molecule has 4 bridgehead atoms. The van der Waals surface area contributed by atoms with Gasteiger partial charge in [-0.05, 0) is 0 Å². The quantitative estimate of drug-likeness (QED) is 0.186. The lowest BCUT2D eigenvalue weighted by molar-refractivity contribution is -0.194. The van der Waals surface area contributed by atoms with Crippen molar-refractivity contribution in [2.45, 2.75) is 0 Å². The molecule has 0 unspecified atom stereocenters. The molecule has 4 heterocycles. The molecule has 0 aromatic heterocycles. The Labute approximate surface area is 215 Å². The molecule has 4 saturated heterocycles. The molecular formula is C24H66N10. The molecular weight excluding hydrogens is 428 g/mol. The SMILES string of the molecule is C1N2CN3CN1CN(C2)C3.C=C.C=C.C=C.C=C.C=C.C=C.C=C.C=C.C=C.N.N.N.N.N.N. The first-order chi connectivity index (χ1) is 13.9. The van der Waals surface area contributed by atoms with Crippen molar-refractivity contribution in [2.75, 3.05) is 40.0 Å². The van der Waals surface area contributed by atoms with E-state index in [0.717, 1.165) is 0 Å². The zero-order valence-electron chi connectivity index (χ0n) is 23.0. The van der Waals surface area contributed by atoms with Crippen LogP contribution in [0.1, 0.15) is 0 Å². The second-order valence-corrected chi connectivity index (χ2v) is 3.53. The lowest BCUT2D eigenvalue weighted by Crippen LogP contribution is -2.71. The first kappa shape index (κ1) is 85.8. The maximum absolute atomic E-state index is 3.00. The molecule has 10 heteroatoms. The van der Waals surface area contributed by atoms with Crippen molar-refractivity contribution in [3.63, 3.8) is 0 Å². The van der Waals surface area contributed by atoms with Crippen LogP contribution in [-0.2, 0) is 0 Å². The zero-order chi connectivity index (χ0) is 24.6. The summed E-state index contributed by atoms with van der Waals surface area (Å²) in [5.74, 6) is 0. The van der Waals surface area contributed by atoms with Crippen molar-refractivity contribution in [3.05, 3.63) is 118 Å².